The van der Waals surface area contributed by atoms with Gasteiger partial charge in [-0.1, -0.05) is 5.16 Å². The summed E-state index contributed by atoms with van der Waals surface area (Å²) in [7, 11) is 1.64. The first kappa shape index (κ1) is 12.4. The van der Waals surface area contributed by atoms with Gasteiger partial charge in [0.15, 0.2) is 0 Å². The molecule has 0 unspecified atom stereocenters. The summed E-state index contributed by atoms with van der Waals surface area (Å²) in [6, 6.07) is 7.61. The van der Waals surface area contributed by atoms with Crippen LogP contribution in [0.2, 0.25) is 0 Å². The van der Waals surface area contributed by atoms with Gasteiger partial charge in [0.25, 0.3) is 5.71 Å². The molecule has 0 saturated carbocycles. The predicted octanol–water partition coefficient (Wildman–Crippen LogP) is 2.99. The van der Waals surface area contributed by atoms with E-state index in [4.69, 9.17) is 9.26 Å². The van der Waals surface area contributed by atoms with Crippen molar-refractivity contribution in [1.82, 2.24) is 15.1 Å². The summed E-state index contributed by atoms with van der Waals surface area (Å²) in [6.45, 7) is 3.68. The van der Waals surface area contributed by atoms with Gasteiger partial charge in [-0.3, -0.25) is 0 Å². The molecule has 20 heavy (non-hydrogen) atoms. The van der Waals surface area contributed by atoms with E-state index in [1.165, 1.54) is 0 Å². The van der Waals surface area contributed by atoms with Gasteiger partial charge in [0, 0.05) is 5.69 Å². The van der Waals surface area contributed by atoms with Gasteiger partial charge in [0.05, 0.1) is 12.8 Å². The number of hydrogen-bond acceptors (Lipinski definition) is 6. The number of rotatable bonds is 3. The number of fused-ring (bicyclic) bond motifs is 1. The van der Waals surface area contributed by atoms with Crippen LogP contribution in [0.3, 0.4) is 0 Å². The van der Waals surface area contributed by atoms with E-state index in [1.807, 2.05) is 38.1 Å². The highest BCUT2D eigenvalue weighted by atomic mass is 16.5. The minimum atomic E-state index is 0.492. The molecule has 0 aliphatic rings. The maximum atomic E-state index is 5.18. The van der Waals surface area contributed by atoms with Crippen LogP contribution < -0.4 is 10.1 Å². The van der Waals surface area contributed by atoms with Crippen LogP contribution in [0, 0.1) is 13.8 Å². The number of aryl methyl sites for hydroxylation is 2. The van der Waals surface area contributed by atoms with Gasteiger partial charge < -0.3 is 14.6 Å². The van der Waals surface area contributed by atoms with Crippen LogP contribution in [0.15, 0.2) is 28.8 Å². The van der Waals surface area contributed by atoms with Crippen LogP contribution >= 0.6 is 0 Å². The summed E-state index contributed by atoms with van der Waals surface area (Å²) in [5.41, 5.74) is 2.16. The highest BCUT2D eigenvalue weighted by Gasteiger charge is 2.13. The molecular weight excluding hydrogens is 256 g/mol. The van der Waals surface area contributed by atoms with Gasteiger partial charge in [0.2, 0.25) is 0 Å². The fraction of sp³-hybridized carbons (Fsp3) is 0.214. The fourth-order valence-corrected chi connectivity index (χ4v) is 2.00. The minimum Gasteiger partial charge on any atom is -0.497 e. The van der Waals surface area contributed by atoms with Crippen LogP contribution in [0.4, 0.5) is 11.5 Å². The Labute approximate surface area is 115 Å². The molecule has 0 radical (unpaired) electrons. The van der Waals surface area contributed by atoms with E-state index in [1.54, 1.807) is 7.11 Å². The number of nitrogens with one attached hydrogen (secondary N) is 1. The Morgan fingerprint density at radius 2 is 1.85 bits per heavy atom. The molecule has 0 atom stereocenters. The lowest BCUT2D eigenvalue weighted by molar-refractivity contribution is 0.415. The van der Waals surface area contributed by atoms with E-state index in [2.05, 4.69) is 20.4 Å². The van der Waals surface area contributed by atoms with Crippen molar-refractivity contribution in [2.45, 2.75) is 13.8 Å². The molecule has 102 valence electrons. The molecule has 0 bridgehead atoms. The third kappa shape index (κ3) is 2.16. The molecule has 6 heteroatoms. The Hall–Kier alpha value is -2.63. The SMILES string of the molecule is COc1ccc(Nc2nc(C)nc3onc(C)c23)cc1. The Morgan fingerprint density at radius 1 is 1.10 bits per heavy atom. The molecule has 3 aromatic rings. The smallest absolute Gasteiger partial charge is 0.263 e. The summed E-state index contributed by atoms with van der Waals surface area (Å²) in [5, 5.41) is 7.99. The molecular formula is C14H14N4O2. The van der Waals surface area contributed by atoms with Crippen LogP contribution in [0.5, 0.6) is 5.75 Å². The molecule has 6 nitrogen and oxygen atoms in total. The van der Waals surface area contributed by atoms with Crippen molar-refractivity contribution < 1.29 is 9.26 Å². The first-order valence-electron chi connectivity index (χ1n) is 6.19. The minimum absolute atomic E-state index is 0.492. The van der Waals surface area contributed by atoms with Crippen LogP contribution in [-0.4, -0.2) is 22.2 Å². The van der Waals surface area contributed by atoms with Gasteiger partial charge >= 0.3 is 0 Å². The lowest BCUT2D eigenvalue weighted by atomic mass is 10.2. The number of ether oxygens (including phenoxy) is 1. The Balaban J connectivity index is 2.02. The summed E-state index contributed by atoms with van der Waals surface area (Å²) in [5.74, 6) is 2.13. The second kappa shape index (κ2) is 4.80. The van der Waals surface area contributed by atoms with Crippen molar-refractivity contribution in [1.29, 1.82) is 0 Å². The molecule has 0 aliphatic carbocycles. The highest BCUT2D eigenvalue weighted by molar-refractivity contribution is 5.89. The number of aromatic nitrogens is 3. The molecule has 1 N–H and O–H groups in total. The van der Waals surface area contributed by atoms with Crippen LogP contribution in [0.1, 0.15) is 11.5 Å². The number of nitrogens with zero attached hydrogens (tertiary/aromatic N) is 3. The van der Waals surface area contributed by atoms with Crippen LogP contribution in [-0.2, 0) is 0 Å². The molecule has 0 amide bonds. The van der Waals surface area contributed by atoms with E-state index in [0.717, 1.165) is 22.5 Å². The van der Waals surface area contributed by atoms with Gasteiger partial charge in [-0.15, -0.1) is 0 Å². The van der Waals surface area contributed by atoms with Crippen molar-refractivity contribution in [3.8, 4) is 5.75 Å². The zero-order valence-electron chi connectivity index (χ0n) is 11.5. The lowest BCUT2D eigenvalue weighted by Crippen LogP contribution is -1.98. The van der Waals surface area contributed by atoms with Crippen molar-refractivity contribution in [3.05, 3.63) is 35.8 Å². The van der Waals surface area contributed by atoms with Crippen molar-refractivity contribution in [2.24, 2.45) is 0 Å². The molecule has 3 rings (SSSR count). The van der Waals surface area contributed by atoms with Gasteiger partial charge in [-0.25, -0.2) is 4.98 Å². The number of anilines is 2. The van der Waals surface area contributed by atoms with E-state index in [-0.39, 0.29) is 0 Å². The third-order valence-electron chi connectivity index (χ3n) is 2.97. The second-order valence-corrected chi connectivity index (χ2v) is 4.42. The second-order valence-electron chi connectivity index (χ2n) is 4.42. The summed E-state index contributed by atoms with van der Waals surface area (Å²) >= 11 is 0. The molecule has 0 spiro atoms. The maximum Gasteiger partial charge on any atom is 0.263 e. The lowest BCUT2D eigenvalue weighted by Gasteiger charge is -2.08. The van der Waals surface area contributed by atoms with Gasteiger partial charge in [-0.2, -0.15) is 4.98 Å². The van der Waals surface area contributed by atoms with E-state index >= 15 is 0 Å². The molecule has 1 aromatic carbocycles. The molecule has 0 saturated heterocycles. The third-order valence-corrected chi connectivity index (χ3v) is 2.97. The zero-order chi connectivity index (χ0) is 14.1. The maximum absolute atomic E-state index is 5.18. The average molecular weight is 270 g/mol. The van der Waals surface area contributed by atoms with Crippen molar-refractivity contribution >= 4 is 22.6 Å². The van der Waals surface area contributed by atoms with E-state index in [9.17, 15) is 0 Å². The quantitative estimate of drug-likeness (QED) is 0.788. The Bertz CT molecular complexity index is 750. The Kier molecular flexibility index (Phi) is 2.98. The summed E-state index contributed by atoms with van der Waals surface area (Å²) in [6.07, 6.45) is 0. The van der Waals surface area contributed by atoms with Crippen LogP contribution in [0.25, 0.3) is 11.1 Å². The number of hydrogen-bond donors (Lipinski definition) is 1. The fourth-order valence-electron chi connectivity index (χ4n) is 2.00. The molecule has 2 aromatic heterocycles. The topological polar surface area (TPSA) is 73.1 Å². The standard InChI is InChI=1S/C14H14N4O2/c1-8-12-13(15-9(2)16-14(12)20-18-8)17-10-4-6-11(19-3)7-5-10/h4-7H,1-3H3,(H,15,16,17). The summed E-state index contributed by atoms with van der Waals surface area (Å²) in [4.78, 5) is 8.64. The predicted molar refractivity (Wildman–Crippen MR) is 75.3 cm³/mol. The molecule has 0 aliphatic heterocycles. The number of methoxy groups -OCH3 is 1. The Morgan fingerprint density at radius 3 is 2.55 bits per heavy atom. The first-order chi connectivity index (χ1) is 9.67. The average Bonchev–Trinajstić information content (AvgIpc) is 2.81. The van der Waals surface area contributed by atoms with E-state index in [0.29, 0.717) is 17.4 Å². The summed E-state index contributed by atoms with van der Waals surface area (Å²) < 4.78 is 10.3. The first-order valence-corrected chi connectivity index (χ1v) is 6.19. The van der Waals surface area contributed by atoms with Gasteiger partial charge in [-0.05, 0) is 38.1 Å². The molecule has 0 fully saturated rings. The largest absolute Gasteiger partial charge is 0.497 e. The van der Waals surface area contributed by atoms with Crippen molar-refractivity contribution in [3.63, 3.8) is 0 Å². The normalized spacial score (nSPS) is 10.8. The zero-order valence-corrected chi connectivity index (χ0v) is 11.5. The monoisotopic (exact) mass is 270 g/mol. The van der Waals surface area contributed by atoms with E-state index < -0.39 is 0 Å². The molecule has 2 heterocycles. The van der Waals surface area contributed by atoms with Crippen molar-refractivity contribution in [2.75, 3.05) is 12.4 Å². The highest BCUT2D eigenvalue weighted by Crippen LogP contribution is 2.27. The van der Waals surface area contributed by atoms with Gasteiger partial charge in [0.1, 0.15) is 22.8 Å². The number of benzene rings is 1.